The van der Waals surface area contributed by atoms with Crippen LogP contribution in [-0.4, -0.2) is 21.0 Å². The van der Waals surface area contributed by atoms with Crippen LogP contribution in [0, 0.1) is 0 Å². The van der Waals surface area contributed by atoms with Gasteiger partial charge in [0.05, 0.1) is 0 Å². The number of nitrogens with one attached hydrogen (secondary N) is 1. The normalized spacial score (nSPS) is 11.4. The van der Waals surface area contributed by atoms with Gasteiger partial charge in [-0.2, -0.15) is 0 Å². The van der Waals surface area contributed by atoms with Crippen LogP contribution in [0.1, 0.15) is 39.3 Å². The van der Waals surface area contributed by atoms with Crippen LogP contribution >= 0.6 is 0 Å². The molecule has 4 heteroatoms. The highest BCUT2D eigenvalue weighted by Gasteiger charge is 2.10. The molecule has 0 spiro atoms. The monoisotopic (exact) mass is 230 g/mol. The molecule has 0 atom stereocenters. The summed E-state index contributed by atoms with van der Waals surface area (Å²) in [6.45, 7) is 8.46. The van der Waals surface area contributed by atoms with Crippen molar-refractivity contribution in [1.29, 1.82) is 0 Å². The van der Waals surface area contributed by atoms with Gasteiger partial charge in [-0.15, -0.1) is 0 Å². The summed E-state index contributed by atoms with van der Waals surface area (Å²) >= 11 is 0. The Morgan fingerprint density at radius 1 is 1.18 bits per heavy atom. The second kappa shape index (κ2) is 4.65. The SMILES string of the molecule is CC(C)Nc1nc(C(C)C)cc2cncnc12. The lowest BCUT2D eigenvalue weighted by atomic mass is 10.1. The summed E-state index contributed by atoms with van der Waals surface area (Å²) in [6.07, 6.45) is 3.39. The van der Waals surface area contributed by atoms with Crippen molar-refractivity contribution < 1.29 is 0 Å². The number of rotatable bonds is 3. The molecule has 1 N–H and O–H groups in total. The smallest absolute Gasteiger partial charge is 0.153 e. The average molecular weight is 230 g/mol. The van der Waals surface area contributed by atoms with Gasteiger partial charge in [-0.25, -0.2) is 15.0 Å². The van der Waals surface area contributed by atoms with E-state index in [0.717, 1.165) is 22.4 Å². The zero-order valence-electron chi connectivity index (χ0n) is 10.7. The summed E-state index contributed by atoms with van der Waals surface area (Å²) in [4.78, 5) is 13.0. The van der Waals surface area contributed by atoms with Crippen molar-refractivity contribution in [1.82, 2.24) is 15.0 Å². The Morgan fingerprint density at radius 3 is 2.59 bits per heavy atom. The maximum Gasteiger partial charge on any atom is 0.153 e. The first-order valence-corrected chi connectivity index (χ1v) is 5.95. The Labute approximate surface area is 102 Å². The molecule has 2 rings (SSSR count). The van der Waals surface area contributed by atoms with Crippen LogP contribution in [0.25, 0.3) is 10.9 Å². The van der Waals surface area contributed by atoms with Crippen molar-refractivity contribution in [3.05, 3.63) is 24.3 Å². The molecule has 0 radical (unpaired) electrons. The summed E-state index contributed by atoms with van der Waals surface area (Å²) in [6, 6.07) is 2.40. The standard InChI is InChI=1S/C13H18N4/c1-8(2)11-5-10-6-14-7-15-12(10)13(17-11)16-9(3)4/h5-9H,1-4H3,(H,16,17). The number of pyridine rings is 1. The topological polar surface area (TPSA) is 50.7 Å². The molecule has 0 aliphatic rings. The van der Waals surface area contributed by atoms with E-state index in [1.807, 2.05) is 6.20 Å². The van der Waals surface area contributed by atoms with Crippen LogP contribution in [0.5, 0.6) is 0 Å². The maximum absolute atomic E-state index is 4.64. The van der Waals surface area contributed by atoms with E-state index in [9.17, 15) is 0 Å². The van der Waals surface area contributed by atoms with Crippen LogP contribution in [0.15, 0.2) is 18.6 Å². The predicted molar refractivity (Wildman–Crippen MR) is 70.2 cm³/mol. The van der Waals surface area contributed by atoms with Crippen molar-refractivity contribution in [2.24, 2.45) is 0 Å². The van der Waals surface area contributed by atoms with Crippen molar-refractivity contribution in [3.8, 4) is 0 Å². The Balaban J connectivity index is 2.60. The molecule has 2 aromatic heterocycles. The van der Waals surface area contributed by atoms with Gasteiger partial charge < -0.3 is 5.32 Å². The number of fused-ring (bicyclic) bond motifs is 1. The van der Waals surface area contributed by atoms with Gasteiger partial charge in [0.1, 0.15) is 11.8 Å². The molecule has 17 heavy (non-hydrogen) atoms. The van der Waals surface area contributed by atoms with Crippen LogP contribution in [0.2, 0.25) is 0 Å². The van der Waals surface area contributed by atoms with Crippen LogP contribution in [0.4, 0.5) is 5.82 Å². The highest BCUT2D eigenvalue weighted by Crippen LogP contribution is 2.23. The summed E-state index contributed by atoms with van der Waals surface area (Å²) in [5.41, 5.74) is 1.95. The molecule has 0 aliphatic heterocycles. The molecule has 0 aliphatic carbocycles. The van der Waals surface area contributed by atoms with Gasteiger partial charge in [0.25, 0.3) is 0 Å². The molecule has 0 aromatic carbocycles. The van der Waals surface area contributed by atoms with Crippen molar-refractivity contribution in [2.75, 3.05) is 5.32 Å². The number of nitrogens with zero attached hydrogens (tertiary/aromatic N) is 3. The lowest BCUT2D eigenvalue weighted by Crippen LogP contribution is -2.13. The van der Waals surface area contributed by atoms with E-state index in [1.165, 1.54) is 0 Å². The molecule has 0 bridgehead atoms. The van der Waals surface area contributed by atoms with Gasteiger partial charge in [0.2, 0.25) is 0 Å². The molecule has 0 amide bonds. The molecule has 0 unspecified atom stereocenters. The molecule has 90 valence electrons. The lowest BCUT2D eigenvalue weighted by Gasteiger charge is -2.14. The van der Waals surface area contributed by atoms with E-state index in [2.05, 4.69) is 54.0 Å². The molecule has 0 saturated heterocycles. The first kappa shape index (κ1) is 11.8. The third-order valence-corrected chi connectivity index (χ3v) is 2.53. The third-order valence-electron chi connectivity index (χ3n) is 2.53. The predicted octanol–water partition coefficient (Wildman–Crippen LogP) is 2.97. The second-order valence-electron chi connectivity index (χ2n) is 4.81. The summed E-state index contributed by atoms with van der Waals surface area (Å²) < 4.78 is 0. The zero-order chi connectivity index (χ0) is 12.4. The van der Waals surface area contributed by atoms with E-state index < -0.39 is 0 Å². The maximum atomic E-state index is 4.64. The minimum absolute atomic E-state index is 0.336. The van der Waals surface area contributed by atoms with E-state index in [0.29, 0.717) is 12.0 Å². The van der Waals surface area contributed by atoms with Gasteiger partial charge >= 0.3 is 0 Å². The van der Waals surface area contributed by atoms with Gasteiger partial charge in [0.15, 0.2) is 5.82 Å². The van der Waals surface area contributed by atoms with Crippen molar-refractivity contribution in [3.63, 3.8) is 0 Å². The van der Waals surface area contributed by atoms with Gasteiger partial charge in [-0.1, -0.05) is 13.8 Å². The first-order valence-electron chi connectivity index (χ1n) is 5.95. The number of anilines is 1. The minimum atomic E-state index is 0.336. The molecule has 0 fully saturated rings. The number of hydrogen-bond acceptors (Lipinski definition) is 4. The molecular formula is C13H18N4. The van der Waals surface area contributed by atoms with E-state index >= 15 is 0 Å². The Hall–Kier alpha value is -1.71. The number of hydrogen-bond donors (Lipinski definition) is 1. The van der Waals surface area contributed by atoms with Gasteiger partial charge in [0, 0.05) is 23.3 Å². The first-order chi connectivity index (χ1) is 8.08. The highest BCUT2D eigenvalue weighted by molar-refractivity contribution is 5.87. The number of aromatic nitrogens is 3. The zero-order valence-corrected chi connectivity index (χ0v) is 10.7. The molecule has 2 heterocycles. The summed E-state index contributed by atoms with van der Waals surface area (Å²) in [5.74, 6) is 1.25. The summed E-state index contributed by atoms with van der Waals surface area (Å²) in [7, 11) is 0. The molecule has 2 aromatic rings. The highest BCUT2D eigenvalue weighted by atomic mass is 15.0. The molecular weight excluding hydrogens is 212 g/mol. The van der Waals surface area contributed by atoms with Gasteiger partial charge in [-0.05, 0) is 25.8 Å². The van der Waals surface area contributed by atoms with Gasteiger partial charge in [-0.3, -0.25) is 0 Å². The third kappa shape index (κ3) is 2.52. The average Bonchev–Trinajstić information content (AvgIpc) is 2.28. The quantitative estimate of drug-likeness (QED) is 0.880. The fourth-order valence-electron chi connectivity index (χ4n) is 1.69. The molecule has 4 nitrogen and oxygen atoms in total. The van der Waals surface area contributed by atoms with Crippen molar-refractivity contribution in [2.45, 2.75) is 39.7 Å². The largest absolute Gasteiger partial charge is 0.366 e. The fraction of sp³-hybridized carbons (Fsp3) is 0.462. The van der Waals surface area contributed by atoms with E-state index in [1.54, 1.807) is 6.33 Å². The Bertz CT molecular complexity index is 520. The Kier molecular flexibility index (Phi) is 3.22. The second-order valence-corrected chi connectivity index (χ2v) is 4.81. The molecule has 0 saturated carbocycles. The van der Waals surface area contributed by atoms with Crippen LogP contribution in [-0.2, 0) is 0 Å². The lowest BCUT2D eigenvalue weighted by molar-refractivity contribution is 0.817. The van der Waals surface area contributed by atoms with E-state index in [-0.39, 0.29) is 0 Å². The van der Waals surface area contributed by atoms with Crippen LogP contribution < -0.4 is 5.32 Å². The fourth-order valence-corrected chi connectivity index (χ4v) is 1.69. The summed E-state index contributed by atoms with van der Waals surface area (Å²) in [5, 5.41) is 4.38. The minimum Gasteiger partial charge on any atom is -0.366 e. The van der Waals surface area contributed by atoms with E-state index in [4.69, 9.17) is 0 Å². The van der Waals surface area contributed by atoms with Crippen LogP contribution in [0.3, 0.4) is 0 Å². The van der Waals surface area contributed by atoms with Crippen molar-refractivity contribution >= 4 is 16.7 Å². The Morgan fingerprint density at radius 2 is 1.94 bits per heavy atom.